The maximum Gasteiger partial charge on any atom is 0.265 e. The molecular formula is C30H33N7O. The van der Waals surface area contributed by atoms with Crippen molar-refractivity contribution in [3.8, 4) is 17.2 Å². The summed E-state index contributed by atoms with van der Waals surface area (Å²) in [5.74, 6) is 2.21. The fourth-order valence-corrected chi connectivity index (χ4v) is 6.67. The van der Waals surface area contributed by atoms with Crippen LogP contribution in [0, 0.1) is 23.2 Å². The quantitative estimate of drug-likeness (QED) is 0.400. The monoisotopic (exact) mass is 507 g/mol. The molecule has 0 bridgehead atoms. The summed E-state index contributed by atoms with van der Waals surface area (Å²) in [6, 6.07) is 12.3. The lowest BCUT2D eigenvalue weighted by Crippen LogP contribution is -2.43. The lowest BCUT2D eigenvalue weighted by atomic mass is 9.58. The lowest BCUT2D eigenvalue weighted by Gasteiger charge is -2.46. The van der Waals surface area contributed by atoms with Gasteiger partial charge in [-0.2, -0.15) is 5.26 Å². The average Bonchev–Trinajstić information content (AvgIpc) is 3.32. The molecule has 38 heavy (non-hydrogen) atoms. The first-order chi connectivity index (χ1) is 18.4. The van der Waals surface area contributed by atoms with Gasteiger partial charge >= 0.3 is 0 Å². The summed E-state index contributed by atoms with van der Waals surface area (Å²) < 4.78 is 3.56. The zero-order valence-corrected chi connectivity index (χ0v) is 22.3. The minimum absolute atomic E-state index is 0.160. The molecule has 1 atom stereocenters. The predicted molar refractivity (Wildman–Crippen MR) is 145 cm³/mol. The third kappa shape index (κ3) is 4.11. The molecule has 6 rings (SSSR count). The Bertz CT molecular complexity index is 1610. The molecule has 0 radical (unpaired) electrons. The minimum Gasteiger partial charge on any atom is -0.320 e. The Hall–Kier alpha value is -3.83. The molecule has 194 valence electrons. The van der Waals surface area contributed by atoms with Crippen molar-refractivity contribution in [2.75, 3.05) is 13.1 Å². The number of hydrogen-bond donors (Lipinski definition) is 0. The summed E-state index contributed by atoms with van der Waals surface area (Å²) in [5.41, 5.74) is 3.90. The first-order valence-electron chi connectivity index (χ1n) is 13.5. The second-order valence-corrected chi connectivity index (χ2v) is 11.5. The molecule has 8 heteroatoms. The Morgan fingerprint density at radius 3 is 2.74 bits per heavy atom. The molecule has 1 aliphatic carbocycles. The molecule has 4 aromatic rings. The summed E-state index contributed by atoms with van der Waals surface area (Å²) in [6.07, 6.45) is 9.63. The van der Waals surface area contributed by atoms with Crippen LogP contribution in [-0.2, 0) is 19.0 Å². The van der Waals surface area contributed by atoms with Gasteiger partial charge in [-0.3, -0.25) is 14.1 Å². The van der Waals surface area contributed by atoms with Crippen molar-refractivity contribution in [2.24, 2.45) is 18.9 Å². The van der Waals surface area contributed by atoms with Crippen LogP contribution in [0.15, 0.2) is 53.8 Å². The average molecular weight is 508 g/mol. The second kappa shape index (κ2) is 9.48. The highest BCUT2D eigenvalue weighted by Gasteiger charge is 2.48. The first kappa shape index (κ1) is 24.5. The number of nitrogens with zero attached hydrogens (tertiary/aromatic N) is 7. The Morgan fingerprint density at radius 2 is 2.03 bits per heavy atom. The number of likely N-dealkylation sites (tertiary alicyclic amines) is 1. The van der Waals surface area contributed by atoms with E-state index in [-0.39, 0.29) is 11.0 Å². The topological polar surface area (TPSA) is 92.1 Å². The molecule has 8 nitrogen and oxygen atoms in total. The third-order valence-corrected chi connectivity index (χ3v) is 8.39. The van der Waals surface area contributed by atoms with E-state index in [2.05, 4.69) is 52.1 Å². The zero-order chi connectivity index (χ0) is 26.4. The van der Waals surface area contributed by atoms with Crippen molar-refractivity contribution in [3.63, 3.8) is 0 Å². The highest BCUT2D eigenvalue weighted by Crippen LogP contribution is 2.51. The second-order valence-electron chi connectivity index (χ2n) is 11.5. The molecular weight excluding hydrogens is 474 g/mol. The molecule has 2 fully saturated rings. The number of aryl methyl sites for hydroxylation is 1. The van der Waals surface area contributed by atoms with Gasteiger partial charge in [0.25, 0.3) is 5.56 Å². The molecule has 0 N–H and O–H groups in total. The van der Waals surface area contributed by atoms with Crippen molar-refractivity contribution in [1.29, 1.82) is 5.26 Å². The highest BCUT2D eigenvalue weighted by molar-refractivity contribution is 5.66. The van der Waals surface area contributed by atoms with Gasteiger partial charge in [0, 0.05) is 32.5 Å². The number of nitriles is 1. The Labute approximate surface area is 222 Å². The van der Waals surface area contributed by atoms with E-state index in [0.717, 1.165) is 55.0 Å². The van der Waals surface area contributed by atoms with Crippen LogP contribution < -0.4 is 5.56 Å². The number of fused-ring (bicyclic) bond motifs is 1. The van der Waals surface area contributed by atoms with Gasteiger partial charge in [0.05, 0.1) is 16.5 Å². The molecule has 0 amide bonds. The summed E-state index contributed by atoms with van der Waals surface area (Å²) in [7, 11) is 1.98. The van der Waals surface area contributed by atoms with Gasteiger partial charge in [-0.25, -0.2) is 4.98 Å². The van der Waals surface area contributed by atoms with E-state index < -0.39 is 0 Å². The van der Waals surface area contributed by atoms with Gasteiger partial charge in [0.1, 0.15) is 18.2 Å². The number of aromatic nitrogens is 5. The number of piperidine rings is 1. The maximum atomic E-state index is 13.8. The van der Waals surface area contributed by atoms with Crippen LogP contribution in [0.25, 0.3) is 16.8 Å². The maximum absolute atomic E-state index is 13.8. The SMILES string of the molecule is CC1CC(c2cccc(-c3cnc4c(C#N)cc(CN5CCC[C@H](C)C5)cn4c3=O)c2)(c2nncn2C)C1. The predicted octanol–water partition coefficient (Wildman–Crippen LogP) is 4.31. The van der Waals surface area contributed by atoms with E-state index in [9.17, 15) is 10.1 Å². The zero-order valence-electron chi connectivity index (χ0n) is 22.3. The standard InChI is InChI=1S/C30H33N7O/c1-20-6-5-9-36(16-20)17-22-10-24(14-31)27-32-15-26(28(38)37(27)18-22)23-7-4-8-25(11-23)30(12-21(2)13-30)29-34-33-19-35(29)3/h4,7-8,10-11,15,18-21H,5-6,9,12-13,16-17H2,1-3H3/t20-,21?,30?/m0/s1. The van der Waals surface area contributed by atoms with Crippen molar-refractivity contribution in [3.05, 3.63) is 81.9 Å². The van der Waals surface area contributed by atoms with Gasteiger partial charge in [-0.05, 0) is 72.9 Å². The first-order valence-corrected chi connectivity index (χ1v) is 13.5. The van der Waals surface area contributed by atoms with Crippen LogP contribution in [0.3, 0.4) is 0 Å². The minimum atomic E-state index is -0.214. The van der Waals surface area contributed by atoms with Crippen molar-refractivity contribution in [1.82, 2.24) is 29.0 Å². The Balaban J connectivity index is 1.42. The normalized spacial score (nSPS) is 23.7. The van der Waals surface area contributed by atoms with Crippen molar-refractivity contribution in [2.45, 2.75) is 51.5 Å². The molecule has 1 saturated carbocycles. The molecule has 0 spiro atoms. The third-order valence-electron chi connectivity index (χ3n) is 8.39. The van der Waals surface area contributed by atoms with Gasteiger partial charge in [-0.1, -0.05) is 32.0 Å². The summed E-state index contributed by atoms with van der Waals surface area (Å²) in [6.45, 7) is 7.33. The van der Waals surface area contributed by atoms with Crippen LogP contribution in [0.5, 0.6) is 0 Å². The molecule has 4 heterocycles. The van der Waals surface area contributed by atoms with E-state index in [1.807, 2.05) is 36.0 Å². The van der Waals surface area contributed by atoms with Gasteiger partial charge in [0.15, 0.2) is 5.65 Å². The van der Waals surface area contributed by atoms with E-state index in [4.69, 9.17) is 0 Å². The summed E-state index contributed by atoms with van der Waals surface area (Å²) >= 11 is 0. The van der Waals surface area contributed by atoms with Crippen LogP contribution in [0.4, 0.5) is 0 Å². The molecule has 3 aromatic heterocycles. The van der Waals surface area contributed by atoms with E-state index in [1.165, 1.54) is 12.8 Å². The van der Waals surface area contributed by atoms with Crippen LogP contribution >= 0.6 is 0 Å². The summed E-state index contributed by atoms with van der Waals surface area (Å²) in [4.78, 5) is 20.8. The number of hydrogen-bond acceptors (Lipinski definition) is 6. The lowest BCUT2D eigenvalue weighted by molar-refractivity contribution is 0.176. The van der Waals surface area contributed by atoms with Gasteiger partial charge < -0.3 is 4.57 Å². The van der Waals surface area contributed by atoms with Crippen molar-refractivity contribution >= 4 is 5.65 Å². The van der Waals surface area contributed by atoms with E-state index >= 15 is 0 Å². The number of benzene rings is 1. The number of pyridine rings is 1. The van der Waals surface area contributed by atoms with Gasteiger partial charge in [0.2, 0.25) is 0 Å². The van der Waals surface area contributed by atoms with Crippen molar-refractivity contribution < 1.29 is 0 Å². The molecule has 0 unspecified atom stereocenters. The Morgan fingerprint density at radius 1 is 1.18 bits per heavy atom. The molecule has 1 aliphatic heterocycles. The van der Waals surface area contributed by atoms with Crippen LogP contribution in [0.2, 0.25) is 0 Å². The smallest absolute Gasteiger partial charge is 0.265 e. The number of rotatable bonds is 5. The molecule has 1 aromatic carbocycles. The Kier molecular flexibility index (Phi) is 6.11. The fourth-order valence-electron chi connectivity index (χ4n) is 6.67. The molecule has 1 saturated heterocycles. The summed E-state index contributed by atoms with van der Waals surface area (Å²) in [5, 5.41) is 18.4. The van der Waals surface area contributed by atoms with Crippen LogP contribution in [-0.4, -0.2) is 42.1 Å². The van der Waals surface area contributed by atoms with E-state index in [0.29, 0.717) is 28.6 Å². The van der Waals surface area contributed by atoms with Crippen LogP contribution in [0.1, 0.15) is 62.0 Å². The van der Waals surface area contributed by atoms with Gasteiger partial charge in [-0.15, -0.1) is 10.2 Å². The largest absolute Gasteiger partial charge is 0.320 e. The van der Waals surface area contributed by atoms with E-state index in [1.54, 1.807) is 16.9 Å². The fraction of sp³-hybridized carbons (Fsp3) is 0.433. The molecule has 2 aliphatic rings. The highest BCUT2D eigenvalue weighted by atomic mass is 16.1.